The number of ether oxygens (including phenoxy) is 3. The van der Waals surface area contributed by atoms with Crippen LogP contribution in [0.2, 0.25) is 0 Å². The molecule has 1 N–H and O–H groups in total. The average Bonchev–Trinajstić information content (AvgIpc) is 2.91. The van der Waals surface area contributed by atoms with E-state index in [1.165, 1.54) is 23.4 Å². The number of esters is 1. The van der Waals surface area contributed by atoms with Crippen LogP contribution in [0, 0.1) is 0 Å². The molecule has 1 aliphatic rings. The van der Waals surface area contributed by atoms with Crippen LogP contribution in [0.3, 0.4) is 0 Å². The number of nitrogens with zero attached hydrogens (tertiary/aromatic N) is 1. The average molecular weight is 491 g/mol. The molecule has 0 bridgehead atoms. The van der Waals surface area contributed by atoms with Gasteiger partial charge in [0.15, 0.2) is 0 Å². The van der Waals surface area contributed by atoms with Gasteiger partial charge in [0.05, 0.1) is 32.5 Å². The number of methoxy groups -OCH3 is 2. The fourth-order valence-electron chi connectivity index (χ4n) is 4.53. The molecule has 36 heavy (non-hydrogen) atoms. The Balaban J connectivity index is 1.29. The van der Waals surface area contributed by atoms with Crippen molar-refractivity contribution in [3.63, 3.8) is 0 Å². The topological polar surface area (TPSA) is 77.1 Å². The number of rotatable bonds is 10. The first-order valence-electron chi connectivity index (χ1n) is 12.4. The van der Waals surface area contributed by atoms with Crippen molar-refractivity contribution in [3.8, 4) is 0 Å². The predicted octanol–water partition coefficient (Wildman–Crippen LogP) is 4.18. The molecular weight excluding hydrogens is 456 g/mol. The minimum absolute atomic E-state index is 0.118. The second-order valence-corrected chi connectivity index (χ2v) is 9.16. The molecule has 1 amide bonds. The minimum atomic E-state index is -0.446. The Morgan fingerprint density at radius 3 is 2.36 bits per heavy atom. The zero-order valence-electron chi connectivity index (χ0n) is 21.0. The van der Waals surface area contributed by atoms with Gasteiger partial charge in [-0.05, 0) is 65.1 Å². The molecule has 4 rings (SSSR count). The summed E-state index contributed by atoms with van der Waals surface area (Å²) < 4.78 is 15.4. The maximum Gasteiger partial charge on any atom is 0.337 e. The van der Waals surface area contributed by atoms with Gasteiger partial charge in [0.2, 0.25) is 0 Å². The van der Waals surface area contributed by atoms with Crippen LogP contribution in [-0.4, -0.2) is 63.3 Å². The summed E-state index contributed by atoms with van der Waals surface area (Å²) in [4.78, 5) is 26.9. The van der Waals surface area contributed by atoms with Gasteiger partial charge in [-0.2, -0.15) is 0 Å². The monoisotopic (exact) mass is 490 g/mol. The highest BCUT2D eigenvalue weighted by Gasteiger charge is 2.22. The molecule has 7 heteroatoms. The standard InChI is InChI=1S/C29H34N2O5/c1-34-14-15-36-20-22-7-9-23-8-6-21(16-26(23)17-22)19-31-12-10-27(11-13-31)30-28(32)24-4-3-5-25(18-24)29(33)35-2/h3-9,16-18,27H,10-15,19-20H2,1-2H3,(H,30,32). The molecule has 1 fully saturated rings. The predicted molar refractivity (Wildman–Crippen MR) is 139 cm³/mol. The van der Waals surface area contributed by atoms with Crippen LogP contribution in [0.15, 0.2) is 60.7 Å². The summed E-state index contributed by atoms with van der Waals surface area (Å²) >= 11 is 0. The summed E-state index contributed by atoms with van der Waals surface area (Å²) in [5, 5.41) is 5.56. The van der Waals surface area contributed by atoms with Gasteiger partial charge in [-0.15, -0.1) is 0 Å². The first-order chi connectivity index (χ1) is 17.6. The fraction of sp³-hybridized carbons (Fsp3) is 0.379. The number of fused-ring (bicyclic) bond motifs is 1. The molecule has 0 saturated carbocycles. The molecule has 0 atom stereocenters. The van der Waals surface area contributed by atoms with Crippen molar-refractivity contribution >= 4 is 22.6 Å². The van der Waals surface area contributed by atoms with Crippen molar-refractivity contribution in [2.45, 2.75) is 32.0 Å². The normalized spacial score (nSPS) is 14.6. The van der Waals surface area contributed by atoms with E-state index in [2.05, 4.69) is 46.6 Å². The lowest BCUT2D eigenvalue weighted by Crippen LogP contribution is -2.44. The number of hydrogen-bond acceptors (Lipinski definition) is 6. The summed E-state index contributed by atoms with van der Waals surface area (Å²) in [5.41, 5.74) is 3.28. The Kier molecular flexibility index (Phi) is 9.06. The molecular formula is C29H34N2O5. The van der Waals surface area contributed by atoms with Gasteiger partial charge in [0, 0.05) is 38.3 Å². The number of carbonyl (C=O) groups is 2. The van der Waals surface area contributed by atoms with E-state index in [0.717, 1.165) is 38.0 Å². The third-order valence-electron chi connectivity index (χ3n) is 6.54. The molecule has 0 aromatic heterocycles. The minimum Gasteiger partial charge on any atom is -0.465 e. The lowest BCUT2D eigenvalue weighted by Gasteiger charge is -2.32. The van der Waals surface area contributed by atoms with Crippen LogP contribution in [0.4, 0.5) is 0 Å². The van der Waals surface area contributed by atoms with Crippen molar-refractivity contribution in [1.29, 1.82) is 0 Å². The summed E-state index contributed by atoms with van der Waals surface area (Å²) in [5.74, 6) is -0.603. The maximum atomic E-state index is 12.7. The van der Waals surface area contributed by atoms with E-state index in [-0.39, 0.29) is 11.9 Å². The molecule has 3 aromatic carbocycles. The van der Waals surface area contributed by atoms with Gasteiger partial charge < -0.3 is 19.5 Å². The van der Waals surface area contributed by atoms with E-state index in [9.17, 15) is 9.59 Å². The SMILES string of the molecule is COCCOCc1ccc2ccc(CN3CCC(NC(=O)c4cccc(C(=O)OC)c4)CC3)cc2c1. The van der Waals surface area contributed by atoms with Crippen LogP contribution in [0.1, 0.15) is 44.7 Å². The Morgan fingerprint density at radius 1 is 0.889 bits per heavy atom. The van der Waals surface area contributed by atoms with Gasteiger partial charge in [-0.1, -0.05) is 30.3 Å². The van der Waals surface area contributed by atoms with E-state index >= 15 is 0 Å². The Bertz CT molecular complexity index is 1190. The molecule has 0 unspecified atom stereocenters. The molecule has 0 radical (unpaired) electrons. The quantitative estimate of drug-likeness (QED) is 0.339. The number of likely N-dealkylation sites (tertiary alicyclic amines) is 1. The number of hydrogen-bond donors (Lipinski definition) is 1. The zero-order chi connectivity index (χ0) is 25.3. The highest BCUT2D eigenvalue weighted by Crippen LogP contribution is 2.21. The fourth-order valence-corrected chi connectivity index (χ4v) is 4.53. The Hall–Kier alpha value is -3.26. The number of carbonyl (C=O) groups excluding carboxylic acids is 2. The van der Waals surface area contributed by atoms with Crippen LogP contribution in [0.25, 0.3) is 10.8 Å². The van der Waals surface area contributed by atoms with Crippen molar-refractivity contribution < 1.29 is 23.8 Å². The van der Waals surface area contributed by atoms with Crippen molar-refractivity contribution in [2.24, 2.45) is 0 Å². The van der Waals surface area contributed by atoms with Crippen LogP contribution in [0.5, 0.6) is 0 Å². The van der Waals surface area contributed by atoms with E-state index < -0.39 is 5.97 Å². The molecule has 0 spiro atoms. The van der Waals surface area contributed by atoms with Crippen LogP contribution < -0.4 is 5.32 Å². The number of benzene rings is 3. The van der Waals surface area contributed by atoms with E-state index in [0.29, 0.717) is 30.9 Å². The molecule has 1 saturated heterocycles. The number of nitrogens with one attached hydrogen (secondary N) is 1. The third-order valence-corrected chi connectivity index (χ3v) is 6.54. The second-order valence-electron chi connectivity index (χ2n) is 9.16. The third kappa shape index (κ3) is 6.91. The van der Waals surface area contributed by atoms with Crippen LogP contribution in [-0.2, 0) is 27.4 Å². The van der Waals surface area contributed by atoms with Crippen molar-refractivity contribution in [3.05, 3.63) is 82.9 Å². The summed E-state index contributed by atoms with van der Waals surface area (Å²) in [6.07, 6.45) is 1.78. The first-order valence-corrected chi connectivity index (χ1v) is 12.4. The molecule has 1 heterocycles. The van der Waals surface area contributed by atoms with Gasteiger partial charge in [0.1, 0.15) is 0 Å². The smallest absolute Gasteiger partial charge is 0.337 e. The first kappa shape index (κ1) is 25.8. The zero-order valence-corrected chi connectivity index (χ0v) is 21.0. The van der Waals surface area contributed by atoms with Gasteiger partial charge in [-0.3, -0.25) is 9.69 Å². The van der Waals surface area contributed by atoms with Gasteiger partial charge >= 0.3 is 5.97 Å². The largest absolute Gasteiger partial charge is 0.465 e. The molecule has 190 valence electrons. The number of amides is 1. The number of piperidine rings is 1. The molecule has 3 aromatic rings. The summed E-state index contributed by atoms with van der Waals surface area (Å²) in [6, 6.07) is 19.8. The molecule has 7 nitrogen and oxygen atoms in total. The van der Waals surface area contributed by atoms with Crippen LogP contribution >= 0.6 is 0 Å². The molecule has 1 aliphatic heterocycles. The van der Waals surface area contributed by atoms with E-state index in [1.54, 1.807) is 31.4 Å². The Labute approximate surface area is 212 Å². The molecule has 0 aliphatic carbocycles. The van der Waals surface area contributed by atoms with E-state index in [4.69, 9.17) is 14.2 Å². The summed E-state index contributed by atoms with van der Waals surface area (Å²) in [6.45, 7) is 4.48. The van der Waals surface area contributed by atoms with E-state index in [1.807, 2.05) is 0 Å². The highest BCUT2D eigenvalue weighted by molar-refractivity contribution is 5.98. The summed E-state index contributed by atoms with van der Waals surface area (Å²) in [7, 11) is 3.01. The Morgan fingerprint density at radius 2 is 1.61 bits per heavy atom. The van der Waals surface area contributed by atoms with Crippen molar-refractivity contribution in [2.75, 3.05) is 40.5 Å². The van der Waals surface area contributed by atoms with Crippen molar-refractivity contribution in [1.82, 2.24) is 10.2 Å². The highest BCUT2D eigenvalue weighted by atomic mass is 16.5. The maximum absolute atomic E-state index is 12.7. The lowest BCUT2D eigenvalue weighted by atomic mass is 10.0. The lowest BCUT2D eigenvalue weighted by molar-refractivity contribution is 0.0600. The second kappa shape index (κ2) is 12.6. The van der Waals surface area contributed by atoms with Gasteiger partial charge in [0.25, 0.3) is 5.91 Å². The van der Waals surface area contributed by atoms with Gasteiger partial charge in [-0.25, -0.2) is 4.79 Å².